The van der Waals surface area contributed by atoms with E-state index in [1.54, 1.807) is 24.3 Å². The number of nitrogens with zero attached hydrogens (tertiary/aromatic N) is 1. The molecule has 0 bridgehead atoms. The van der Waals surface area contributed by atoms with E-state index in [1.807, 2.05) is 12.1 Å². The van der Waals surface area contributed by atoms with Crippen molar-refractivity contribution in [3.05, 3.63) is 64.4 Å². The van der Waals surface area contributed by atoms with Crippen LogP contribution < -0.4 is 10.1 Å². The number of rotatable bonds is 8. The molecule has 0 atom stereocenters. The van der Waals surface area contributed by atoms with E-state index in [-0.39, 0.29) is 12.4 Å². The quantitative estimate of drug-likeness (QED) is 0.713. The zero-order chi connectivity index (χ0) is 18.2. The molecular weight excluding hydrogens is 355 g/mol. The van der Waals surface area contributed by atoms with Gasteiger partial charge in [-0.25, -0.2) is 4.39 Å². The Bertz CT molecular complexity index is 708. The molecule has 0 spiro atoms. The maximum Gasteiger partial charge on any atom is 0.129 e. The van der Waals surface area contributed by atoms with Crippen LogP contribution in [0, 0.1) is 5.82 Å². The fourth-order valence-electron chi connectivity index (χ4n) is 2.88. The van der Waals surface area contributed by atoms with Crippen molar-refractivity contribution in [2.75, 3.05) is 39.4 Å². The molecule has 0 aromatic heterocycles. The van der Waals surface area contributed by atoms with Crippen molar-refractivity contribution in [2.24, 2.45) is 0 Å². The van der Waals surface area contributed by atoms with E-state index in [1.165, 1.54) is 6.07 Å². The second-order valence-electron chi connectivity index (χ2n) is 6.26. The molecule has 1 N–H and O–H groups in total. The molecule has 1 fully saturated rings. The lowest BCUT2D eigenvalue weighted by Gasteiger charge is -2.26. The van der Waals surface area contributed by atoms with Gasteiger partial charge in [-0.1, -0.05) is 29.8 Å². The average molecular weight is 379 g/mol. The van der Waals surface area contributed by atoms with Crippen LogP contribution in [-0.2, 0) is 17.9 Å². The highest BCUT2D eigenvalue weighted by atomic mass is 35.5. The number of benzene rings is 2. The number of hydrogen-bond donors (Lipinski definition) is 1. The average Bonchev–Trinajstić information content (AvgIpc) is 2.66. The third kappa shape index (κ3) is 5.68. The zero-order valence-corrected chi connectivity index (χ0v) is 15.5. The highest BCUT2D eigenvalue weighted by Gasteiger charge is 2.10. The molecule has 0 saturated carbocycles. The number of nitrogens with one attached hydrogen (secondary N) is 1. The van der Waals surface area contributed by atoms with Crippen molar-refractivity contribution in [2.45, 2.75) is 13.2 Å². The Morgan fingerprint density at radius 1 is 1.12 bits per heavy atom. The van der Waals surface area contributed by atoms with Gasteiger partial charge < -0.3 is 14.8 Å². The Balaban J connectivity index is 1.52. The van der Waals surface area contributed by atoms with Gasteiger partial charge in [0.25, 0.3) is 0 Å². The van der Waals surface area contributed by atoms with Crippen LogP contribution in [0.2, 0.25) is 5.02 Å². The number of halogens is 2. The Morgan fingerprint density at radius 2 is 1.92 bits per heavy atom. The van der Waals surface area contributed by atoms with Crippen molar-refractivity contribution < 1.29 is 13.9 Å². The summed E-state index contributed by atoms with van der Waals surface area (Å²) in [6.07, 6.45) is 0. The van der Waals surface area contributed by atoms with Crippen LogP contribution in [0.5, 0.6) is 5.75 Å². The first-order chi connectivity index (χ1) is 12.7. The topological polar surface area (TPSA) is 33.7 Å². The monoisotopic (exact) mass is 378 g/mol. The summed E-state index contributed by atoms with van der Waals surface area (Å²) in [7, 11) is 0. The van der Waals surface area contributed by atoms with Gasteiger partial charge in [0.05, 0.1) is 13.2 Å². The largest absolute Gasteiger partial charge is 0.488 e. The fourth-order valence-corrected chi connectivity index (χ4v) is 3.08. The van der Waals surface area contributed by atoms with Crippen molar-refractivity contribution in [1.82, 2.24) is 10.2 Å². The number of morpholine rings is 1. The van der Waals surface area contributed by atoms with E-state index in [4.69, 9.17) is 21.1 Å². The Morgan fingerprint density at radius 3 is 2.73 bits per heavy atom. The first-order valence-corrected chi connectivity index (χ1v) is 9.25. The standard InChI is InChI=1S/C20H24ClFN2O2/c21-18-5-6-20(26-15-16-3-1-2-4-19(16)22)17(13-18)14-23-7-8-24-9-11-25-12-10-24/h1-6,13,23H,7-12,14-15H2. The van der Waals surface area contributed by atoms with E-state index in [0.29, 0.717) is 17.1 Å². The van der Waals surface area contributed by atoms with Gasteiger partial charge in [-0.2, -0.15) is 0 Å². The fraction of sp³-hybridized carbons (Fsp3) is 0.400. The lowest BCUT2D eigenvalue weighted by Crippen LogP contribution is -2.40. The van der Waals surface area contributed by atoms with Gasteiger partial charge in [0.2, 0.25) is 0 Å². The van der Waals surface area contributed by atoms with Gasteiger partial charge in [-0.3, -0.25) is 4.90 Å². The maximum absolute atomic E-state index is 13.8. The molecule has 0 amide bonds. The van der Waals surface area contributed by atoms with Crippen LogP contribution in [0.1, 0.15) is 11.1 Å². The van der Waals surface area contributed by atoms with Crippen LogP contribution in [0.25, 0.3) is 0 Å². The Labute approximate surface area is 158 Å². The SMILES string of the molecule is Fc1ccccc1COc1ccc(Cl)cc1CNCCN1CCOCC1. The molecule has 4 nitrogen and oxygen atoms in total. The highest BCUT2D eigenvalue weighted by Crippen LogP contribution is 2.24. The molecule has 3 rings (SSSR count). The third-order valence-corrected chi connectivity index (χ3v) is 4.62. The summed E-state index contributed by atoms with van der Waals surface area (Å²) < 4.78 is 25.0. The second kappa shape index (κ2) is 9.88. The van der Waals surface area contributed by atoms with Crippen molar-refractivity contribution in [1.29, 1.82) is 0 Å². The summed E-state index contributed by atoms with van der Waals surface area (Å²) in [5.74, 6) is 0.461. The Hall–Kier alpha value is -1.66. The molecule has 6 heteroatoms. The summed E-state index contributed by atoms with van der Waals surface area (Å²) in [6.45, 7) is 6.28. The highest BCUT2D eigenvalue weighted by molar-refractivity contribution is 6.30. The zero-order valence-electron chi connectivity index (χ0n) is 14.7. The van der Waals surface area contributed by atoms with Crippen LogP contribution >= 0.6 is 11.6 Å². The van der Waals surface area contributed by atoms with Crippen molar-refractivity contribution in [3.8, 4) is 5.75 Å². The number of ether oxygens (including phenoxy) is 2. The first-order valence-electron chi connectivity index (χ1n) is 8.88. The molecule has 1 saturated heterocycles. The summed E-state index contributed by atoms with van der Waals surface area (Å²) >= 11 is 6.13. The summed E-state index contributed by atoms with van der Waals surface area (Å²) in [5, 5.41) is 4.09. The first kappa shape index (κ1) is 19.1. The van der Waals surface area contributed by atoms with Gasteiger partial charge in [0, 0.05) is 48.9 Å². The minimum atomic E-state index is -0.258. The van der Waals surface area contributed by atoms with Gasteiger partial charge in [0.1, 0.15) is 18.2 Å². The van der Waals surface area contributed by atoms with E-state index >= 15 is 0 Å². The molecule has 1 aliphatic rings. The van der Waals surface area contributed by atoms with Gasteiger partial charge >= 0.3 is 0 Å². The summed E-state index contributed by atoms with van der Waals surface area (Å²) in [5.41, 5.74) is 1.50. The molecule has 1 aliphatic heterocycles. The molecule has 2 aromatic rings. The lowest BCUT2D eigenvalue weighted by atomic mass is 10.2. The van der Waals surface area contributed by atoms with E-state index < -0.39 is 0 Å². The molecule has 1 heterocycles. The predicted molar refractivity (Wildman–Crippen MR) is 101 cm³/mol. The van der Waals surface area contributed by atoms with Crippen LogP contribution in [0.15, 0.2) is 42.5 Å². The third-order valence-electron chi connectivity index (χ3n) is 4.39. The van der Waals surface area contributed by atoms with Gasteiger partial charge in [-0.15, -0.1) is 0 Å². The summed E-state index contributed by atoms with van der Waals surface area (Å²) in [6, 6.07) is 12.2. The van der Waals surface area contributed by atoms with Crippen LogP contribution in [0.4, 0.5) is 4.39 Å². The van der Waals surface area contributed by atoms with E-state index in [0.717, 1.165) is 50.7 Å². The molecule has 0 aliphatic carbocycles. The number of hydrogen-bond acceptors (Lipinski definition) is 4. The minimum Gasteiger partial charge on any atom is -0.488 e. The minimum absolute atomic E-state index is 0.190. The molecule has 2 aromatic carbocycles. The predicted octanol–water partition coefficient (Wildman–Crippen LogP) is 3.48. The summed E-state index contributed by atoms with van der Waals surface area (Å²) in [4.78, 5) is 2.38. The van der Waals surface area contributed by atoms with Gasteiger partial charge in [0.15, 0.2) is 0 Å². The lowest BCUT2D eigenvalue weighted by molar-refractivity contribution is 0.0384. The molecule has 140 valence electrons. The molecule has 26 heavy (non-hydrogen) atoms. The normalized spacial score (nSPS) is 15.2. The van der Waals surface area contributed by atoms with E-state index in [2.05, 4.69) is 10.2 Å². The van der Waals surface area contributed by atoms with Crippen LogP contribution in [-0.4, -0.2) is 44.3 Å². The van der Waals surface area contributed by atoms with Gasteiger partial charge in [-0.05, 0) is 24.3 Å². The van der Waals surface area contributed by atoms with Crippen molar-refractivity contribution in [3.63, 3.8) is 0 Å². The van der Waals surface area contributed by atoms with E-state index in [9.17, 15) is 4.39 Å². The molecular formula is C20H24ClFN2O2. The second-order valence-corrected chi connectivity index (χ2v) is 6.70. The smallest absolute Gasteiger partial charge is 0.129 e. The van der Waals surface area contributed by atoms with Crippen LogP contribution in [0.3, 0.4) is 0 Å². The molecule has 0 radical (unpaired) electrons. The Kier molecular flexibility index (Phi) is 7.26. The van der Waals surface area contributed by atoms with Crippen molar-refractivity contribution >= 4 is 11.6 Å². The maximum atomic E-state index is 13.8. The molecule has 0 unspecified atom stereocenters.